The quantitative estimate of drug-likeness (QED) is 0.340. The van der Waals surface area contributed by atoms with Crippen molar-refractivity contribution in [1.82, 2.24) is 29.2 Å². The number of aromatic nitrogens is 5. The molecule has 0 amide bonds. The van der Waals surface area contributed by atoms with Crippen molar-refractivity contribution in [3.63, 3.8) is 0 Å². The topological polar surface area (TPSA) is 84.1 Å². The first-order valence-electron chi connectivity index (χ1n) is 13.7. The molecule has 214 valence electrons. The van der Waals surface area contributed by atoms with E-state index in [0.29, 0.717) is 0 Å². The van der Waals surface area contributed by atoms with Gasteiger partial charge in [0.2, 0.25) is 5.95 Å². The third-order valence-corrected chi connectivity index (χ3v) is 8.03. The molecule has 0 saturated carbocycles. The van der Waals surface area contributed by atoms with Crippen molar-refractivity contribution < 1.29 is 13.2 Å². The van der Waals surface area contributed by atoms with E-state index < -0.39 is 17.4 Å². The summed E-state index contributed by atoms with van der Waals surface area (Å²) >= 11 is 0. The maximum Gasteiger partial charge on any atom is 0.433 e. The molecule has 2 aliphatic rings. The van der Waals surface area contributed by atoms with E-state index in [-0.39, 0.29) is 29.3 Å². The van der Waals surface area contributed by atoms with Crippen molar-refractivity contribution in [3.05, 3.63) is 77.4 Å². The number of fused-ring (bicyclic) bond motifs is 2. The van der Waals surface area contributed by atoms with E-state index in [4.69, 9.17) is 0 Å². The van der Waals surface area contributed by atoms with Crippen LogP contribution in [0.3, 0.4) is 0 Å². The summed E-state index contributed by atoms with van der Waals surface area (Å²) in [4.78, 5) is 30.6. The number of alkyl halides is 3. The van der Waals surface area contributed by atoms with Crippen LogP contribution < -0.4 is 15.8 Å². The number of piperidine rings is 2. The minimum atomic E-state index is -4.64. The molecule has 2 saturated heterocycles. The fraction of sp³-hybridized carbons (Fsp3) is 0.379. The molecular weight excluding hydrogens is 533 g/mol. The van der Waals surface area contributed by atoms with Crippen molar-refractivity contribution >= 4 is 28.4 Å². The lowest BCUT2D eigenvalue weighted by Crippen LogP contribution is -2.48. The lowest BCUT2D eigenvalue weighted by atomic mass is 9.80. The molecule has 3 aromatic heterocycles. The van der Waals surface area contributed by atoms with E-state index >= 15 is 0 Å². The van der Waals surface area contributed by atoms with Gasteiger partial charge in [-0.3, -0.25) is 4.79 Å². The summed E-state index contributed by atoms with van der Waals surface area (Å²) in [6, 6.07) is 11.6. The molecule has 6 rings (SSSR count). The van der Waals surface area contributed by atoms with E-state index in [2.05, 4.69) is 55.8 Å². The molecule has 2 fully saturated rings. The number of hydrogen-bond acceptors (Lipinski definition) is 7. The largest absolute Gasteiger partial charge is 0.433 e. The van der Waals surface area contributed by atoms with E-state index in [1.54, 1.807) is 0 Å². The molecule has 2 unspecified atom stereocenters. The van der Waals surface area contributed by atoms with E-state index in [9.17, 15) is 18.0 Å². The smallest absolute Gasteiger partial charge is 0.371 e. The average molecular weight is 565 g/mol. The first-order valence-corrected chi connectivity index (χ1v) is 13.7. The molecule has 2 aliphatic heterocycles. The Morgan fingerprint density at radius 2 is 1.80 bits per heavy atom. The van der Waals surface area contributed by atoms with Gasteiger partial charge in [-0.25, -0.2) is 19.3 Å². The zero-order chi connectivity index (χ0) is 28.7. The van der Waals surface area contributed by atoms with Crippen LogP contribution in [0.2, 0.25) is 0 Å². The minimum absolute atomic E-state index is 0.0478. The first-order chi connectivity index (χ1) is 19.7. The molecule has 0 aliphatic carbocycles. The Labute approximate surface area is 234 Å². The van der Waals surface area contributed by atoms with Crippen molar-refractivity contribution in [2.45, 2.75) is 25.6 Å². The van der Waals surface area contributed by atoms with Gasteiger partial charge >= 0.3 is 6.18 Å². The van der Waals surface area contributed by atoms with Crippen LogP contribution in [0.5, 0.6) is 0 Å². The normalized spacial score (nSPS) is 19.8. The molecular formula is C29H31F3N8O. The van der Waals surface area contributed by atoms with Crippen LogP contribution in [-0.4, -0.2) is 62.4 Å². The van der Waals surface area contributed by atoms with Crippen LogP contribution in [0.4, 0.5) is 30.5 Å². The molecule has 12 heteroatoms. The fourth-order valence-corrected chi connectivity index (χ4v) is 5.95. The van der Waals surface area contributed by atoms with Crippen LogP contribution in [0.25, 0.3) is 16.9 Å². The van der Waals surface area contributed by atoms with Gasteiger partial charge in [-0.1, -0.05) is 12.1 Å². The number of allylic oxidation sites excluding steroid dienone is 1. The van der Waals surface area contributed by atoms with Crippen LogP contribution in [0.15, 0.2) is 66.1 Å². The van der Waals surface area contributed by atoms with Gasteiger partial charge in [0, 0.05) is 37.2 Å². The number of pyridine rings is 1. The van der Waals surface area contributed by atoms with Crippen molar-refractivity contribution in [1.29, 1.82) is 0 Å². The second kappa shape index (κ2) is 10.7. The lowest BCUT2D eigenvalue weighted by Gasteiger charge is -2.44. The van der Waals surface area contributed by atoms with Crippen molar-refractivity contribution in [2.24, 2.45) is 11.8 Å². The number of anilines is 3. The number of likely N-dealkylation sites (tertiary alicyclic amines) is 1. The highest BCUT2D eigenvalue weighted by molar-refractivity contribution is 5.77. The maximum absolute atomic E-state index is 13.4. The summed E-state index contributed by atoms with van der Waals surface area (Å²) in [6.45, 7) is 8.14. The summed E-state index contributed by atoms with van der Waals surface area (Å²) in [5, 5.41) is 3.32. The second-order valence-electron chi connectivity index (χ2n) is 10.8. The van der Waals surface area contributed by atoms with Crippen LogP contribution in [0, 0.1) is 11.8 Å². The maximum atomic E-state index is 13.4. The summed E-state index contributed by atoms with van der Waals surface area (Å²) in [5.74, 6) is 1.60. The average Bonchev–Trinajstić information content (AvgIpc) is 3.23. The monoisotopic (exact) mass is 564 g/mol. The Kier molecular flexibility index (Phi) is 7.02. The summed E-state index contributed by atoms with van der Waals surface area (Å²) in [6.07, 6.45) is 0.632. The molecule has 2 atom stereocenters. The zero-order valence-corrected chi connectivity index (χ0v) is 22.7. The summed E-state index contributed by atoms with van der Waals surface area (Å²) in [7, 11) is 2.20. The number of halogens is 3. The van der Waals surface area contributed by atoms with Crippen LogP contribution in [-0.2, 0) is 12.7 Å². The second-order valence-corrected chi connectivity index (χ2v) is 10.8. The summed E-state index contributed by atoms with van der Waals surface area (Å²) in [5.41, 5.74) is 0.526. The third-order valence-electron chi connectivity index (χ3n) is 8.03. The van der Waals surface area contributed by atoms with Gasteiger partial charge in [-0.05, 0) is 74.7 Å². The molecule has 1 aromatic carbocycles. The van der Waals surface area contributed by atoms with Gasteiger partial charge < -0.3 is 15.1 Å². The number of hydrogen-bond donors (Lipinski definition) is 1. The Morgan fingerprint density at radius 1 is 1.05 bits per heavy atom. The highest BCUT2D eigenvalue weighted by atomic mass is 19.4. The van der Waals surface area contributed by atoms with E-state index in [1.165, 1.54) is 53.2 Å². The van der Waals surface area contributed by atoms with Crippen LogP contribution >= 0.6 is 0 Å². The fourth-order valence-electron chi connectivity index (χ4n) is 5.95. The van der Waals surface area contributed by atoms with Gasteiger partial charge in [0.25, 0.3) is 5.56 Å². The SMILES string of the molecule is C=CCn1c(=O)c2cnc(Nc3ccc(N4CCC5CN(C)CCC5C4)cc3)nc2n1-c1cccc(C(F)(F)F)n1. The van der Waals surface area contributed by atoms with Gasteiger partial charge in [0.05, 0.1) is 6.54 Å². The Hall–Kier alpha value is -4.19. The minimum Gasteiger partial charge on any atom is -0.371 e. The first kappa shape index (κ1) is 27.0. The van der Waals surface area contributed by atoms with Gasteiger partial charge in [0.15, 0.2) is 11.5 Å². The standard InChI is InChI=1S/C29H31F3N8O/c1-3-13-39-27(41)23-16-33-28(36-26(23)40(39)25-6-4-5-24(35-25)29(30,31)32)34-21-7-9-22(10-8-21)38-15-12-19-17-37(2)14-11-20(19)18-38/h3-10,16,19-20H,1,11-15,17-18H2,2H3,(H,33,34,36). The number of nitrogens with one attached hydrogen (secondary N) is 1. The lowest BCUT2D eigenvalue weighted by molar-refractivity contribution is -0.141. The molecule has 1 N–H and O–H groups in total. The highest BCUT2D eigenvalue weighted by Gasteiger charge is 2.34. The van der Waals surface area contributed by atoms with Gasteiger partial charge in [-0.2, -0.15) is 18.2 Å². The highest BCUT2D eigenvalue weighted by Crippen LogP contribution is 2.33. The Bertz CT molecular complexity index is 1630. The predicted octanol–water partition coefficient (Wildman–Crippen LogP) is 4.70. The molecule has 0 radical (unpaired) electrons. The molecule has 0 spiro atoms. The Balaban J connectivity index is 1.27. The molecule has 0 bridgehead atoms. The summed E-state index contributed by atoms with van der Waals surface area (Å²) < 4.78 is 42.7. The molecule has 5 heterocycles. The van der Waals surface area contributed by atoms with Crippen molar-refractivity contribution in [2.75, 3.05) is 43.4 Å². The zero-order valence-electron chi connectivity index (χ0n) is 22.7. The number of nitrogens with zero attached hydrogens (tertiary/aromatic N) is 7. The third kappa shape index (κ3) is 5.31. The number of benzene rings is 1. The van der Waals surface area contributed by atoms with Gasteiger partial charge in [0.1, 0.15) is 11.1 Å². The number of rotatable bonds is 6. The Morgan fingerprint density at radius 3 is 2.56 bits per heavy atom. The van der Waals surface area contributed by atoms with Gasteiger partial charge in [-0.15, -0.1) is 6.58 Å². The molecule has 9 nitrogen and oxygen atoms in total. The molecule has 4 aromatic rings. The van der Waals surface area contributed by atoms with E-state index in [0.717, 1.165) is 48.9 Å². The predicted molar refractivity (Wildman–Crippen MR) is 152 cm³/mol. The molecule has 41 heavy (non-hydrogen) atoms. The van der Waals surface area contributed by atoms with Crippen LogP contribution in [0.1, 0.15) is 18.5 Å². The van der Waals surface area contributed by atoms with Crippen molar-refractivity contribution in [3.8, 4) is 5.82 Å². The van der Waals surface area contributed by atoms with E-state index in [1.807, 2.05) is 12.1 Å².